The van der Waals surface area contributed by atoms with Crippen LogP contribution in [-0.4, -0.2) is 20.5 Å². The third-order valence-corrected chi connectivity index (χ3v) is 5.32. The minimum atomic E-state index is -3.91. The van der Waals surface area contributed by atoms with Gasteiger partial charge in [0, 0.05) is 17.1 Å². The van der Waals surface area contributed by atoms with Crippen molar-refractivity contribution in [3.8, 4) is 0 Å². The maximum Gasteiger partial charge on any atom is 0.243 e. The summed E-state index contributed by atoms with van der Waals surface area (Å²) in [6.07, 6.45) is 4.66. The van der Waals surface area contributed by atoms with Gasteiger partial charge in [0.05, 0.1) is 0 Å². The van der Waals surface area contributed by atoms with Gasteiger partial charge in [-0.05, 0) is 31.0 Å². The molecule has 1 aromatic rings. The van der Waals surface area contributed by atoms with Gasteiger partial charge >= 0.3 is 0 Å². The van der Waals surface area contributed by atoms with Gasteiger partial charge in [-0.25, -0.2) is 17.5 Å². The van der Waals surface area contributed by atoms with Crippen LogP contribution >= 0.6 is 24.0 Å². The maximum atomic E-state index is 13.7. The van der Waals surface area contributed by atoms with Gasteiger partial charge in [0.2, 0.25) is 10.0 Å². The van der Waals surface area contributed by atoms with Crippen molar-refractivity contribution in [1.29, 1.82) is 0 Å². The highest BCUT2D eigenvalue weighted by Gasteiger charge is 2.30. The molecular formula is C13H19Cl2FN2O2S. The lowest BCUT2D eigenvalue weighted by Crippen LogP contribution is -2.51. The van der Waals surface area contributed by atoms with Gasteiger partial charge in [0.25, 0.3) is 0 Å². The molecule has 0 amide bonds. The van der Waals surface area contributed by atoms with Gasteiger partial charge in [0.1, 0.15) is 10.7 Å². The second-order valence-corrected chi connectivity index (χ2v) is 7.49. The standard InChI is InChI=1S/C13H18ClFN2O2S.ClH/c14-10-4-5-12(11(15)8-10)20(18,19)17-9-13(16)6-2-1-3-7-13;/h4-5,8,17H,1-3,6-7,9,16H2;1H. The maximum absolute atomic E-state index is 13.7. The van der Waals surface area contributed by atoms with E-state index in [-0.39, 0.29) is 24.0 Å². The molecule has 3 N–H and O–H groups in total. The molecule has 0 unspecified atom stereocenters. The molecule has 2 rings (SSSR count). The number of nitrogens with two attached hydrogens (primary N) is 1. The summed E-state index contributed by atoms with van der Waals surface area (Å²) in [5.74, 6) is -0.861. The van der Waals surface area contributed by atoms with Crippen molar-refractivity contribution in [2.24, 2.45) is 5.73 Å². The van der Waals surface area contributed by atoms with E-state index in [4.69, 9.17) is 17.3 Å². The topological polar surface area (TPSA) is 72.2 Å². The van der Waals surface area contributed by atoms with E-state index in [1.54, 1.807) is 0 Å². The third-order valence-electron chi connectivity index (χ3n) is 3.65. The molecular weight excluding hydrogens is 338 g/mol. The Morgan fingerprint density at radius 3 is 2.48 bits per heavy atom. The summed E-state index contributed by atoms with van der Waals surface area (Å²) >= 11 is 5.61. The quantitative estimate of drug-likeness (QED) is 0.870. The Kier molecular flexibility index (Phi) is 6.43. The van der Waals surface area contributed by atoms with Crippen LogP contribution in [0.2, 0.25) is 5.02 Å². The summed E-state index contributed by atoms with van der Waals surface area (Å²) in [7, 11) is -3.91. The van der Waals surface area contributed by atoms with E-state index in [2.05, 4.69) is 4.72 Å². The molecule has 8 heteroatoms. The summed E-state index contributed by atoms with van der Waals surface area (Å²) in [5.41, 5.74) is 5.63. The Hall–Kier alpha value is -0.400. The molecule has 21 heavy (non-hydrogen) atoms. The molecule has 0 bridgehead atoms. The summed E-state index contributed by atoms with van der Waals surface area (Å²) < 4.78 is 40.3. The van der Waals surface area contributed by atoms with E-state index in [9.17, 15) is 12.8 Å². The molecule has 0 spiro atoms. The highest BCUT2D eigenvalue weighted by molar-refractivity contribution is 7.89. The van der Waals surface area contributed by atoms with Crippen LogP contribution in [0.25, 0.3) is 0 Å². The Bertz CT molecular complexity index is 590. The average Bonchev–Trinajstić information content (AvgIpc) is 2.37. The zero-order chi connectivity index (χ0) is 14.8. The number of rotatable bonds is 4. The van der Waals surface area contributed by atoms with Crippen molar-refractivity contribution in [2.45, 2.75) is 42.5 Å². The normalized spacial score (nSPS) is 18.0. The largest absolute Gasteiger partial charge is 0.324 e. The zero-order valence-electron chi connectivity index (χ0n) is 11.4. The predicted octanol–water partition coefficient (Wildman–Crippen LogP) is 2.84. The van der Waals surface area contributed by atoms with Crippen molar-refractivity contribution in [2.75, 3.05) is 6.54 Å². The fourth-order valence-corrected chi connectivity index (χ4v) is 3.80. The van der Waals surface area contributed by atoms with Crippen molar-refractivity contribution in [3.63, 3.8) is 0 Å². The summed E-state index contributed by atoms with van der Waals surface area (Å²) in [4.78, 5) is -0.402. The van der Waals surface area contributed by atoms with Gasteiger partial charge in [-0.15, -0.1) is 12.4 Å². The summed E-state index contributed by atoms with van der Waals surface area (Å²) in [6.45, 7) is 0.122. The Labute approximate surface area is 135 Å². The van der Waals surface area contributed by atoms with Crippen LogP contribution in [0, 0.1) is 5.82 Å². The van der Waals surface area contributed by atoms with E-state index in [0.29, 0.717) is 0 Å². The number of halogens is 3. The zero-order valence-corrected chi connectivity index (χ0v) is 13.8. The van der Waals surface area contributed by atoms with E-state index < -0.39 is 26.3 Å². The first kappa shape index (κ1) is 18.6. The second-order valence-electron chi connectivity index (χ2n) is 5.32. The van der Waals surface area contributed by atoms with Gasteiger partial charge in [0.15, 0.2) is 0 Å². The van der Waals surface area contributed by atoms with Crippen molar-refractivity contribution < 1.29 is 12.8 Å². The summed E-state index contributed by atoms with van der Waals surface area (Å²) in [5, 5.41) is 0.157. The van der Waals surface area contributed by atoms with Crippen LogP contribution in [-0.2, 0) is 10.0 Å². The molecule has 0 heterocycles. The molecule has 1 aliphatic carbocycles. The smallest absolute Gasteiger partial charge is 0.243 e. The monoisotopic (exact) mass is 356 g/mol. The van der Waals surface area contributed by atoms with Crippen LogP contribution in [0.15, 0.2) is 23.1 Å². The fourth-order valence-electron chi connectivity index (χ4n) is 2.44. The predicted molar refractivity (Wildman–Crippen MR) is 83.8 cm³/mol. The molecule has 1 aromatic carbocycles. The lowest BCUT2D eigenvalue weighted by molar-refractivity contribution is 0.296. The molecule has 120 valence electrons. The fraction of sp³-hybridized carbons (Fsp3) is 0.538. The second kappa shape index (κ2) is 7.24. The van der Waals surface area contributed by atoms with Crippen molar-refractivity contribution in [1.82, 2.24) is 4.72 Å². The van der Waals surface area contributed by atoms with Crippen LogP contribution in [0.3, 0.4) is 0 Å². The molecule has 0 aliphatic heterocycles. The first-order valence-corrected chi connectivity index (χ1v) is 8.42. The van der Waals surface area contributed by atoms with E-state index in [1.807, 2.05) is 0 Å². The lowest BCUT2D eigenvalue weighted by atomic mass is 9.83. The molecule has 1 saturated carbocycles. The Balaban J connectivity index is 0.00000220. The Morgan fingerprint density at radius 2 is 1.90 bits per heavy atom. The van der Waals surface area contributed by atoms with Crippen LogP contribution < -0.4 is 10.5 Å². The van der Waals surface area contributed by atoms with Crippen molar-refractivity contribution in [3.05, 3.63) is 29.0 Å². The molecule has 0 saturated heterocycles. The third kappa shape index (κ3) is 4.79. The highest BCUT2D eigenvalue weighted by Crippen LogP contribution is 2.26. The minimum absolute atomic E-state index is 0. The molecule has 1 aliphatic rings. The van der Waals surface area contributed by atoms with Crippen LogP contribution in [0.4, 0.5) is 4.39 Å². The lowest BCUT2D eigenvalue weighted by Gasteiger charge is -2.33. The van der Waals surface area contributed by atoms with Crippen molar-refractivity contribution >= 4 is 34.0 Å². The number of nitrogens with one attached hydrogen (secondary N) is 1. The first-order valence-electron chi connectivity index (χ1n) is 6.56. The Morgan fingerprint density at radius 1 is 1.29 bits per heavy atom. The van der Waals surface area contributed by atoms with Crippen LogP contribution in [0.5, 0.6) is 0 Å². The number of sulfonamides is 1. The molecule has 1 fully saturated rings. The molecule has 0 atom stereocenters. The average molecular weight is 357 g/mol. The van der Waals surface area contributed by atoms with E-state index in [0.717, 1.165) is 44.2 Å². The number of hydrogen-bond acceptors (Lipinski definition) is 3. The van der Waals surface area contributed by atoms with E-state index in [1.165, 1.54) is 6.07 Å². The van der Waals surface area contributed by atoms with E-state index >= 15 is 0 Å². The van der Waals surface area contributed by atoms with Crippen LogP contribution in [0.1, 0.15) is 32.1 Å². The molecule has 0 aromatic heterocycles. The van der Waals surface area contributed by atoms with Gasteiger partial charge in [-0.2, -0.15) is 0 Å². The van der Waals surface area contributed by atoms with Gasteiger partial charge in [-0.3, -0.25) is 0 Å². The first-order chi connectivity index (χ1) is 9.32. The van der Waals surface area contributed by atoms with Gasteiger partial charge < -0.3 is 5.73 Å². The number of benzene rings is 1. The SMILES string of the molecule is Cl.NC1(CNS(=O)(=O)c2ccc(Cl)cc2F)CCCCC1. The number of hydrogen-bond donors (Lipinski definition) is 2. The summed E-state index contributed by atoms with van der Waals surface area (Å²) in [6, 6.07) is 3.48. The molecule has 4 nitrogen and oxygen atoms in total. The van der Waals surface area contributed by atoms with Gasteiger partial charge in [-0.1, -0.05) is 30.9 Å². The minimum Gasteiger partial charge on any atom is -0.324 e. The molecule has 0 radical (unpaired) electrons. The highest BCUT2D eigenvalue weighted by atomic mass is 35.5.